The fraction of sp³-hybridized carbons (Fsp3) is 0.312. The Morgan fingerprint density at radius 2 is 1.88 bits per heavy atom. The van der Waals surface area contributed by atoms with Crippen molar-refractivity contribution in [1.82, 2.24) is 10.5 Å². The van der Waals surface area contributed by atoms with E-state index in [-0.39, 0.29) is 23.5 Å². The van der Waals surface area contributed by atoms with Crippen LogP contribution in [0.1, 0.15) is 32.3 Å². The smallest absolute Gasteiger partial charge is 0.394 e. The molecule has 226 valence electrons. The second-order valence-electron chi connectivity index (χ2n) is 10.8. The van der Waals surface area contributed by atoms with Crippen LogP contribution >= 0.6 is 0 Å². The molecule has 4 aromatic rings. The number of allylic oxidation sites excluding steroid dienone is 1. The molecule has 1 fully saturated rings. The molecule has 0 radical (unpaired) electrons. The van der Waals surface area contributed by atoms with E-state index >= 15 is 0 Å². The number of fused-ring (bicyclic) bond motifs is 1. The molecule has 5 rings (SSSR count). The van der Waals surface area contributed by atoms with Gasteiger partial charge < -0.3 is 30.9 Å². The monoisotopic (exact) mass is 592 g/mol. The van der Waals surface area contributed by atoms with Gasteiger partial charge in [0.15, 0.2) is 17.6 Å². The standard InChI is InChI=1S/C32H35F3N6O2/c1-19(2)38-18-21-7-4-5-8-24(21)20-10-13-23(14-11-20)41-16-6-9-25(29(36)32(33,34)35)28(31(41)42-3)39-22-12-15-27-26(17-22)30(37)40-43-27/h4-5,7-8,10-15,17,19,31,38H,6,9,16,18,36H2,1-3H3,(H2,37,40). The number of hydrogen-bond acceptors (Lipinski definition) is 8. The predicted octanol–water partition coefficient (Wildman–Crippen LogP) is 6.70. The molecule has 0 bridgehead atoms. The maximum atomic E-state index is 14.0. The van der Waals surface area contributed by atoms with E-state index in [1.54, 1.807) is 18.2 Å². The van der Waals surface area contributed by atoms with Crippen LogP contribution in [0.2, 0.25) is 0 Å². The highest BCUT2D eigenvalue weighted by molar-refractivity contribution is 6.07. The van der Waals surface area contributed by atoms with Gasteiger partial charge in [0, 0.05) is 37.5 Å². The van der Waals surface area contributed by atoms with Crippen LogP contribution < -0.4 is 21.7 Å². The average Bonchev–Trinajstić information content (AvgIpc) is 3.26. The second kappa shape index (κ2) is 12.5. The number of ether oxygens (including phenoxy) is 1. The van der Waals surface area contributed by atoms with Gasteiger partial charge in [-0.25, -0.2) is 4.99 Å². The lowest BCUT2D eigenvalue weighted by molar-refractivity contribution is -0.0933. The zero-order valence-corrected chi connectivity index (χ0v) is 24.3. The molecule has 8 nitrogen and oxygen atoms in total. The van der Waals surface area contributed by atoms with Gasteiger partial charge in [-0.3, -0.25) is 0 Å². The molecule has 2 heterocycles. The van der Waals surface area contributed by atoms with Crippen molar-refractivity contribution in [2.75, 3.05) is 24.3 Å². The average molecular weight is 593 g/mol. The van der Waals surface area contributed by atoms with Crippen molar-refractivity contribution in [1.29, 1.82) is 0 Å². The molecule has 5 N–H and O–H groups in total. The Labute approximate surface area is 248 Å². The first-order chi connectivity index (χ1) is 20.6. The van der Waals surface area contributed by atoms with Crippen LogP contribution in [0.25, 0.3) is 22.1 Å². The van der Waals surface area contributed by atoms with Crippen molar-refractivity contribution in [2.45, 2.75) is 51.7 Å². The molecule has 43 heavy (non-hydrogen) atoms. The second-order valence-corrected chi connectivity index (χ2v) is 10.8. The molecular weight excluding hydrogens is 557 g/mol. The van der Waals surface area contributed by atoms with E-state index in [9.17, 15) is 13.2 Å². The first-order valence-electron chi connectivity index (χ1n) is 14.1. The van der Waals surface area contributed by atoms with E-state index in [1.165, 1.54) is 12.7 Å². The lowest BCUT2D eigenvalue weighted by atomic mass is 9.99. The van der Waals surface area contributed by atoms with Crippen LogP contribution in [0, 0.1) is 0 Å². The number of methoxy groups -OCH3 is 1. The van der Waals surface area contributed by atoms with E-state index in [2.05, 4.69) is 41.4 Å². The van der Waals surface area contributed by atoms with Crippen LogP contribution in [0.15, 0.2) is 87.5 Å². The highest BCUT2D eigenvalue weighted by atomic mass is 19.4. The number of nitrogens with two attached hydrogens (primary N) is 2. The summed E-state index contributed by atoms with van der Waals surface area (Å²) in [4.78, 5) is 6.60. The van der Waals surface area contributed by atoms with E-state index in [1.807, 2.05) is 41.3 Å². The Bertz CT molecular complexity index is 1640. The van der Waals surface area contributed by atoms with Crippen molar-refractivity contribution < 1.29 is 22.4 Å². The molecule has 0 spiro atoms. The van der Waals surface area contributed by atoms with Gasteiger partial charge in [0.2, 0.25) is 0 Å². The minimum absolute atomic E-state index is 0.0759. The topological polar surface area (TPSA) is 115 Å². The SMILES string of the molecule is COC1C(=Nc2ccc3onc(N)c3c2)C(=C(N)C(F)(F)F)CCCN1c1ccc(-c2ccccc2CNC(C)C)cc1. The van der Waals surface area contributed by atoms with Gasteiger partial charge in [0.05, 0.1) is 16.8 Å². The number of nitrogen functional groups attached to an aromatic ring is 1. The fourth-order valence-electron chi connectivity index (χ4n) is 5.29. The molecule has 1 aliphatic rings. The molecule has 11 heteroatoms. The summed E-state index contributed by atoms with van der Waals surface area (Å²) in [6.45, 7) is 5.37. The van der Waals surface area contributed by atoms with Crippen molar-refractivity contribution in [3.63, 3.8) is 0 Å². The zero-order valence-electron chi connectivity index (χ0n) is 24.3. The van der Waals surface area contributed by atoms with E-state index in [0.29, 0.717) is 35.7 Å². The normalized spacial score (nSPS) is 18.4. The number of aromatic nitrogens is 1. The number of benzene rings is 3. The highest BCUT2D eigenvalue weighted by Crippen LogP contribution is 2.35. The number of nitrogens with one attached hydrogen (secondary N) is 1. The Kier molecular flexibility index (Phi) is 8.74. The van der Waals surface area contributed by atoms with Crippen molar-refractivity contribution >= 4 is 33.9 Å². The molecule has 1 aromatic heterocycles. The molecular formula is C32H35F3N6O2. The summed E-state index contributed by atoms with van der Waals surface area (Å²) in [5.74, 6) is 0.162. The van der Waals surface area contributed by atoms with Crippen LogP contribution in [-0.2, 0) is 11.3 Å². The van der Waals surface area contributed by atoms with Gasteiger partial charge in [-0.2, -0.15) is 13.2 Å². The highest BCUT2D eigenvalue weighted by Gasteiger charge is 2.39. The quantitative estimate of drug-likeness (QED) is 0.219. The molecule has 1 aliphatic heterocycles. The molecule has 1 saturated heterocycles. The summed E-state index contributed by atoms with van der Waals surface area (Å²) in [5, 5.41) is 7.73. The van der Waals surface area contributed by atoms with Gasteiger partial charge in [-0.15, -0.1) is 0 Å². The largest absolute Gasteiger partial charge is 0.431 e. The molecule has 1 unspecified atom stereocenters. The maximum absolute atomic E-state index is 14.0. The minimum atomic E-state index is -4.73. The number of alkyl halides is 3. The molecule has 3 aromatic carbocycles. The van der Waals surface area contributed by atoms with Crippen molar-refractivity contribution in [2.24, 2.45) is 10.7 Å². The van der Waals surface area contributed by atoms with E-state index < -0.39 is 18.1 Å². The minimum Gasteiger partial charge on any atom is -0.394 e. The van der Waals surface area contributed by atoms with Gasteiger partial charge in [-0.1, -0.05) is 55.4 Å². The predicted molar refractivity (Wildman–Crippen MR) is 164 cm³/mol. The van der Waals surface area contributed by atoms with Crippen LogP contribution in [0.3, 0.4) is 0 Å². The third kappa shape index (κ3) is 6.52. The molecule has 0 amide bonds. The number of aliphatic imine (C=N–C) groups is 1. The van der Waals surface area contributed by atoms with Crippen LogP contribution in [-0.4, -0.2) is 43.0 Å². The number of anilines is 2. The van der Waals surface area contributed by atoms with Crippen LogP contribution in [0.4, 0.5) is 30.4 Å². The van der Waals surface area contributed by atoms with Gasteiger partial charge in [-0.05, 0) is 59.9 Å². The number of hydrogen-bond donors (Lipinski definition) is 3. The van der Waals surface area contributed by atoms with Gasteiger partial charge >= 0.3 is 6.18 Å². The van der Waals surface area contributed by atoms with Gasteiger partial charge in [0.25, 0.3) is 0 Å². The summed E-state index contributed by atoms with van der Waals surface area (Å²) >= 11 is 0. The van der Waals surface area contributed by atoms with Crippen LogP contribution in [0.5, 0.6) is 0 Å². The summed E-state index contributed by atoms with van der Waals surface area (Å²) < 4.78 is 52.9. The number of rotatable bonds is 7. The summed E-state index contributed by atoms with van der Waals surface area (Å²) in [6.07, 6.45) is -5.19. The summed E-state index contributed by atoms with van der Waals surface area (Å²) in [7, 11) is 1.45. The lowest BCUT2D eigenvalue weighted by Crippen LogP contribution is -2.43. The van der Waals surface area contributed by atoms with Gasteiger partial charge in [0.1, 0.15) is 5.70 Å². The number of halogens is 3. The first kappa shape index (κ1) is 30.1. The Balaban J connectivity index is 1.55. The van der Waals surface area contributed by atoms with E-state index in [4.69, 9.17) is 20.7 Å². The Morgan fingerprint density at radius 3 is 2.58 bits per heavy atom. The van der Waals surface area contributed by atoms with Crippen molar-refractivity contribution in [3.8, 4) is 11.1 Å². The van der Waals surface area contributed by atoms with Crippen molar-refractivity contribution in [3.05, 3.63) is 83.6 Å². The van der Waals surface area contributed by atoms with E-state index in [0.717, 1.165) is 23.4 Å². The summed E-state index contributed by atoms with van der Waals surface area (Å²) in [5.41, 5.74) is 15.4. The first-order valence-corrected chi connectivity index (χ1v) is 14.1. The Hall–Kier alpha value is -4.35. The molecule has 1 atom stereocenters. The Morgan fingerprint density at radius 1 is 1.14 bits per heavy atom. The fourth-order valence-corrected chi connectivity index (χ4v) is 5.29. The lowest BCUT2D eigenvalue weighted by Gasteiger charge is -2.32. The summed E-state index contributed by atoms with van der Waals surface area (Å²) in [6, 6.07) is 21.4. The zero-order chi connectivity index (χ0) is 30.7. The number of nitrogens with zero attached hydrogens (tertiary/aromatic N) is 3. The third-order valence-corrected chi connectivity index (χ3v) is 7.46. The molecule has 0 saturated carbocycles. The third-order valence-electron chi connectivity index (χ3n) is 7.46. The molecule has 0 aliphatic carbocycles. The maximum Gasteiger partial charge on any atom is 0.431 e.